The van der Waals surface area contributed by atoms with Gasteiger partial charge in [-0.15, -0.1) is 13.2 Å². The summed E-state index contributed by atoms with van der Waals surface area (Å²) in [6, 6.07) is 13.4. The second-order valence-corrected chi connectivity index (χ2v) is 10.9. The molecule has 2 fully saturated rings. The molecular formula is C30H38F3N3O. The highest BCUT2D eigenvalue weighted by molar-refractivity contribution is 5.89. The fourth-order valence-corrected chi connectivity index (χ4v) is 6.16. The Morgan fingerprint density at radius 1 is 0.919 bits per heavy atom. The quantitative estimate of drug-likeness (QED) is 0.335. The maximum atomic E-state index is 12.8. The van der Waals surface area contributed by atoms with Gasteiger partial charge >= 0.3 is 6.36 Å². The first-order valence-corrected chi connectivity index (χ1v) is 13.8. The smallest absolute Gasteiger partial charge is 0.406 e. The van der Waals surface area contributed by atoms with E-state index >= 15 is 0 Å². The molecule has 0 amide bonds. The first-order chi connectivity index (χ1) is 17.8. The number of benzene rings is 2. The number of nitrogens with two attached hydrogens (primary N) is 1. The van der Waals surface area contributed by atoms with Crippen LogP contribution in [0.1, 0.15) is 63.4 Å². The molecule has 0 saturated heterocycles. The van der Waals surface area contributed by atoms with Crippen LogP contribution >= 0.6 is 0 Å². The number of alkyl halides is 3. The van der Waals surface area contributed by atoms with E-state index in [2.05, 4.69) is 33.0 Å². The summed E-state index contributed by atoms with van der Waals surface area (Å²) in [5.41, 5.74) is 10.2. The molecule has 37 heavy (non-hydrogen) atoms. The van der Waals surface area contributed by atoms with E-state index in [1.165, 1.54) is 60.7 Å². The van der Waals surface area contributed by atoms with E-state index in [9.17, 15) is 13.2 Å². The molecular weight excluding hydrogens is 475 g/mol. The van der Waals surface area contributed by atoms with E-state index < -0.39 is 6.36 Å². The maximum Gasteiger partial charge on any atom is 0.573 e. The summed E-state index contributed by atoms with van der Waals surface area (Å²) in [7, 11) is 0. The number of fused-ring (bicyclic) bond motifs is 1. The minimum atomic E-state index is -4.71. The molecule has 1 aromatic heterocycles. The van der Waals surface area contributed by atoms with Crippen molar-refractivity contribution < 1.29 is 17.9 Å². The molecule has 0 bridgehead atoms. The van der Waals surface area contributed by atoms with Crippen LogP contribution in [0.2, 0.25) is 0 Å². The van der Waals surface area contributed by atoms with Crippen LogP contribution in [0, 0.1) is 5.92 Å². The van der Waals surface area contributed by atoms with Crippen molar-refractivity contribution in [1.82, 2.24) is 9.88 Å². The number of nitrogens with one attached hydrogen (secondary N) is 1. The van der Waals surface area contributed by atoms with Crippen LogP contribution in [0.5, 0.6) is 5.75 Å². The Labute approximate surface area is 217 Å². The number of halogens is 3. The Bertz CT molecular complexity index is 1170. The summed E-state index contributed by atoms with van der Waals surface area (Å²) >= 11 is 0. The fourth-order valence-electron chi connectivity index (χ4n) is 6.16. The lowest BCUT2D eigenvalue weighted by Crippen LogP contribution is -2.38. The maximum absolute atomic E-state index is 12.8. The van der Waals surface area contributed by atoms with Crippen molar-refractivity contribution in [3.8, 4) is 16.9 Å². The molecule has 2 aromatic carbocycles. The molecule has 5 rings (SSSR count). The number of hydrogen-bond acceptors (Lipinski definition) is 3. The number of ether oxygens (including phenoxy) is 1. The monoisotopic (exact) mass is 513 g/mol. The summed E-state index contributed by atoms with van der Waals surface area (Å²) in [5, 5.41) is 4.92. The molecule has 0 spiro atoms. The van der Waals surface area contributed by atoms with Crippen molar-refractivity contribution in [2.75, 3.05) is 6.54 Å². The molecule has 2 saturated carbocycles. The van der Waals surface area contributed by atoms with Gasteiger partial charge in [0.2, 0.25) is 0 Å². The van der Waals surface area contributed by atoms with E-state index in [1.54, 1.807) is 6.07 Å². The van der Waals surface area contributed by atoms with Gasteiger partial charge in [-0.05, 0) is 98.4 Å². The summed E-state index contributed by atoms with van der Waals surface area (Å²) in [4.78, 5) is 0. The predicted molar refractivity (Wildman–Crippen MR) is 143 cm³/mol. The summed E-state index contributed by atoms with van der Waals surface area (Å²) in [5.74, 6) is 0.509. The van der Waals surface area contributed by atoms with Crippen LogP contribution in [-0.4, -0.2) is 29.6 Å². The van der Waals surface area contributed by atoms with Gasteiger partial charge in [0.15, 0.2) is 0 Å². The molecule has 3 N–H and O–H groups in total. The third kappa shape index (κ3) is 6.88. The normalized spacial score (nSPS) is 21.4. The van der Waals surface area contributed by atoms with Crippen molar-refractivity contribution in [2.24, 2.45) is 11.7 Å². The van der Waals surface area contributed by atoms with Gasteiger partial charge in [-0.2, -0.15) is 0 Å². The minimum absolute atomic E-state index is 0.198. The Hall–Kier alpha value is -2.51. The van der Waals surface area contributed by atoms with Crippen molar-refractivity contribution in [3.63, 3.8) is 0 Å². The Morgan fingerprint density at radius 3 is 2.43 bits per heavy atom. The number of aromatic nitrogens is 1. The van der Waals surface area contributed by atoms with Gasteiger partial charge in [-0.3, -0.25) is 0 Å². The zero-order valence-corrected chi connectivity index (χ0v) is 21.4. The van der Waals surface area contributed by atoms with Crippen LogP contribution in [0.3, 0.4) is 0 Å². The van der Waals surface area contributed by atoms with Crippen LogP contribution in [-0.2, 0) is 13.0 Å². The van der Waals surface area contributed by atoms with Gasteiger partial charge in [0.1, 0.15) is 5.75 Å². The zero-order valence-electron chi connectivity index (χ0n) is 21.4. The molecule has 2 aliphatic carbocycles. The molecule has 7 heteroatoms. The van der Waals surface area contributed by atoms with E-state index in [0.29, 0.717) is 23.6 Å². The zero-order chi connectivity index (χ0) is 25.8. The highest BCUT2D eigenvalue weighted by Gasteiger charge is 2.31. The lowest BCUT2D eigenvalue weighted by Gasteiger charge is -2.26. The Kier molecular flexibility index (Phi) is 8.10. The van der Waals surface area contributed by atoms with Crippen LogP contribution in [0.4, 0.5) is 13.2 Å². The second-order valence-electron chi connectivity index (χ2n) is 10.9. The van der Waals surface area contributed by atoms with Gasteiger partial charge in [-0.25, -0.2) is 0 Å². The Morgan fingerprint density at radius 2 is 1.68 bits per heavy atom. The highest BCUT2D eigenvalue weighted by atomic mass is 19.4. The first-order valence-electron chi connectivity index (χ1n) is 13.8. The van der Waals surface area contributed by atoms with Gasteiger partial charge in [0.25, 0.3) is 0 Å². The standard InChI is InChI=1S/C30H38F3N3O/c31-30(32,33)37-27-8-4-7-22(17-27)23-9-14-29-28(18-23)24(15-16-35-26-12-10-25(34)11-13-26)20-36(29)19-21-5-2-1-3-6-21/h4,7-9,14,17-18,20-21,25-26,35H,1-3,5-6,10-13,15-16,19,34H2/t25-,26-. The van der Waals surface area contributed by atoms with Crippen molar-refractivity contribution in [3.05, 3.63) is 54.2 Å². The van der Waals surface area contributed by atoms with Crippen molar-refractivity contribution in [2.45, 2.75) is 89.2 Å². The third-order valence-corrected chi connectivity index (χ3v) is 8.14. The SMILES string of the molecule is N[C@H]1CC[C@H](NCCc2cn(CC3CCCCC3)c3ccc(-c4cccc(OC(F)(F)F)c4)cc23)CC1. The molecule has 0 radical (unpaired) electrons. The van der Waals surface area contributed by atoms with Crippen LogP contribution in [0.25, 0.3) is 22.0 Å². The highest BCUT2D eigenvalue weighted by Crippen LogP contribution is 2.33. The average molecular weight is 514 g/mol. The molecule has 1 heterocycles. The topological polar surface area (TPSA) is 52.2 Å². The van der Waals surface area contributed by atoms with Crippen LogP contribution in [0.15, 0.2) is 48.7 Å². The second kappa shape index (κ2) is 11.5. The third-order valence-electron chi connectivity index (χ3n) is 8.14. The van der Waals surface area contributed by atoms with Gasteiger partial charge in [0.05, 0.1) is 0 Å². The average Bonchev–Trinajstić information content (AvgIpc) is 3.21. The fraction of sp³-hybridized carbons (Fsp3) is 0.533. The van der Waals surface area contributed by atoms with E-state index in [4.69, 9.17) is 5.73 Å². The molecule has 200 valence electrons. The summed E-state index contributed by atoms with van der Waals surface area (Å²) < 4.78 is 44.9. The number of nitrogens with zero attached hydrogens (tertiary/aromatic N) is 1. The predicted octanol–water partition coefficient (Wildman–Crippen LogP) is 7.19. The Balaban J connectivity index is 1.39. The molecule has 0 atom stereocenters. The number of rotatable bonds is 8. The first kappa shape index (κ1) is 26.1. The van der Waals surface area contributed by atoms with E-state index in [-0.39, 0.29) is 5.75 Å². The van der Waals surface area contributed by atoms with E-state index in [0.717, 1.165) is 50.8 Å². The molecule has 4 nitrogen and oxygen atoms in total. The lowest BCUT2D eigenvalue weighted by molar-refractivity contribution is -0.274. The van der Waals surface area contributed by atoms with Gasteiger partial charge < -0.3 is 20.4 Å². The number of hydrogen-bond donors (Lipinski definition) is 2. The molecule has 0 unspecified atom stereocenters. The summed E-state index contributed by atoms with van der Waals surface area (Å²) in [6.07, 6.45) is 9.47. The summed E-state index contributed by atoms with van der Waals surface area (Å²) in [6.45, 7) is 1.93. The molecule has 0 aliphatic heterocycles. The minimum Gasteiger partial charge on any atom is -0.406 e. The van der Waals surface area contributed by atoms with Gasteiger partial charge in [-0.1, -0.05) is 37.5 Å². The largest absolute Gasteiger partial charge is 0.573 e. The van der Waals surface area contributed by atoms with Crippen molar-refractivity contribution in [1.29, 1.82) is 0 Å². The lowest BCUT2D eigenvalue weighted by atomic mass is 9.89. The van der Waals surface area contributed by atoms with Gasteiger partial charge in [0, 0.05) is 35.7 Å². The molecule has 2 aliphatic rings. The van der Waals surface area contributed by atoms with Crippen molar-refractivity contribution >= 4 is 10.9 Å². The molecule has 3 aromatic rings. The van der Waals surface area contributed by atoms with E-state index in [1.807, 2.05) is 12.1 Å². The van der Waals surface area contributed by atoms with Crippen LogP contribution < -0.4 is 15.8 Å².